The lowest BCUT2D eigenvalue weighted by molar-refractivity contribution is -0.142. The Balaban J connectivity index is 1.92. The van der Waals surface area contributed by atoms with Crippen molar-refractivity contribution in [3.63, 3.8) is 0 Å². The van der Waals surface area contributed by atoms with Crippen LogP contribution in [0.2, 0.25) is 0 Å². The molecule has 0 bridgehead atoms. The van der Waals surface area contributed by atoms with Gasteiger partial charge in [-0.3, -0.25) is 4.79 Å². The molecule has 1 aliphatic carbocycles. The summed E-state index contributed by atoms with van der Waals surface area (Å²) in [6.07, 6.45) is 3.94. The Bertz CT molecular complexity index is 559. The molecule has 0 aromatic heterocycles. The molecule has 0 unspecified atom stereocenters. The molecule has 0 heterocycles. The van der Waals surface area contributed by atoms with Crippen LogP contribution in [0.5, 0.6) is 5.75 Å². The summed E-state index contributed by atoms with van der Waals surface area (Å²) in [5.41, 5.74) is 0.768. The number of amides is 1. The minimum Gasteiger partial charge on any atom is -0.508 e. The second-order valence-corrected chi connectivity index (χ2v) is 7.13. The van der Waals surface area contributed by atoms with Crippen LogP contribution >= 0.6 is 0 Å². The monoisotopic (exact) mass is 333 g/mol. The van der Waals surface area contributed by atoms with E-state index in [1.807, 2.05) is 0 Å². The topological polar surface area (TPSA) is 86.6 Å². The number of carboxylic acids is 1. The van der Waals surface area contributed by atoms with Gasteiger partial charge >= 0.3 is 5.97 Å². The maximum absolute atomic E-state index is 12.4. The van der Waals surface area contributed by atoms with Crippen molar-refractivity contribution >= 4 is 11.9 Å². The summed E-state index contributed by atoms with van der Waals surface area (Å²) in [6.45, 7) is 4.42. The second-order valence-electron chi connectivity index (χ2n) is 7.13. The van der Waals surface area contributed by atoms with Gasteiger partial charge in [-0.1, -0.05) is 26.0 Å². The lowest BCUT2D eigenvalue weighted by atomic mass is 9.76. The third-order valence-electron chi connectivity index (χ3n) is 5.08. The number of benzene rings is 1. The number of aromatic hydroxyl groups is 1. The number of carbonyl (C=O) groups is 2. The Kier molecular flexibility index (Phi) is 6.23. The fourth-order valence-corrected chi connectivity index (χ4v) is 3.41. The molecule has 0 radical (unpaired) electrons. The zero-order chi connectivity index (χ0) is 17.7. The van der Waals surface area contributed by atoms with E-state index in [1.54, 1.807) is 12.1 Å². The Morgan fingerprint density at radius 2 is 1.71 bits per heavy atom. The molecular weight excluding hydrogens is 306 g/mol. The van der Waals surface area contributed by atoms with E-state index < -0.39 is 12.0 Å². The molecule has 1 aliphatic rings. The minimum absolute atomic E-state index is 0.0818. The van der Waals surface area contributed by atoms with Crippen LogP contribution in [-0.2, 0) is 16.0 Å². The van der Waals surface area contributed by atoms with Crippen molar-refractivity contribution in [2.75, 3.05) is 0 Å². The first-order chi connectivity index (χ1) is 11.4. The number of nitrogens with one attached hydrogen (secondary N) is 1. The van der Waals surface area contributed by atoms with Crippen LogP contribution < -0.4 is 5.32 Å². The van der Waals surface area contributed by atoms with Crippen molar-refractivity contribution in [1.82, 2.24) is 5.32 Å². The second kappa shape index (κ2) is 8.18. The summed E-state index contributed by atoms with van der Waals surface area (Å²) in [4.78, 5) is 23.9. The van der Waals surface area contributed by atoms with Gasteiger partial charge in [-0.15, -0.1) is 0 Å². The minimum atomic E-state index is -1.03. The molecule has 1 saturated carbocycles. The molecule has 5 heteroatoms. The van der Waals surface area contributed by atoms with Gasteiger partial charge in [-0.2, -0.15) is 0 Å². The molecule has 3 N–H and O–H groups in total. The number of rotatable bonds is 6. The van der Waals surface area contributed by atoms with Gasteiger partial charge < -0.3 is 15.5 Å². The number of carbonyl (C=O) groups excluding carboxylic acids is 1. The van der Waals surface area contributed by atoms with Crippen LogP contribution in [0.15, 0.2) is 24.3 Å². The van der Waals surface area contributed by atoms with Gasteiger partial charge in [0.05, 0.1) is 0 Å². The molecule has 24 heavy (non-hydrogen) atoms. The van der Waals surface area contributed by atoms with Crippen LogP contribution in [0.3, 0.4) is 0 Å². The number of aliphatic carboxylic acids is 1. The normalized spacial score (nSPS) is 22.1. The third-order valence-corrected chi connectivity index (χ3v) is 5.08. The Morgan fingerprint density at radius 3 is 2.21 bits per heavy atom. The average molecular weight is 333 g/mol. The van der Waals surface area contributed by atoms with Gasteiger partial charge in [0.1, 0.15) is 11.8 Å². The van der Waals surface area contributed by atoms with Crippen molar-refractivity contribution in [1.29, 1.82) is 0 Å². The molecule has 0 aliphatic heterocycles. The van der Waals surface area contributed by atoms with Crippen molar-refractivity contribution in [3.05, 3.63) is 29.8 Å². The lowest BCUT2D eigenvalue weighted by Gasteiger charge is -2.30. The largest absolute Gasteiger partial charge is 0.508 e. The smallest absolute Gasteiger partial charge is 0.326 e. The highest BCUT2D eigenvalue weighted by molar-refractivity contribution is 5.85. The quantitative estimate of drug-likeness (QED) is 0.747. The Hall–Kier alpha value is -2.04. The van der Waals surface area contributed by atoms with Gasteiger partial charge in [0.15, 0.2) is 0 Å². The predicted molar refractivity (Wildman–Crippen MR) is 91.7 cm³/mol. The molecular formula is C19H27NO4. The summed E-state index contributed by atoms with van der Waals surface area (Å²) >= 11 is 0. The van der Waals surface area contributed by atoms with E-state index in [0.717, 1.165) is 31.2 Å². The van der Waals surface area contributed by atoms with E-state index in [1.165, 1.54) is 12.1 Å². The maximum atomic E-state index is 12.4. The van der Waals surface area contributed by atoms with Crippen LogP contribution in [0.25, 0.3) is 0 Å². The van der Waals surface area contributed by atoms with Crippen LogP contribution in [0.4, 0.5) is 0 Å². The Morgan fingerprint density at radius 1 is 1.12 bits per heavy atom. The highest BCUT2D eigenvalue weighted by Crippen LogP contribution is 2.33. The van der Waals surface area contributed by atoms with Gasteiger partial charge in [0.25, 0.3) is 0 Å². The van der Waals surface area contributed by atoms with Gasteiger partial charge in [-0.25, -0.2) is 4.79 Å². The molecule has 1 aromatic carbocycles. The summed E-state index contributed by atoms with van der Waals surface area (Å²) < 4.78 is 0. The number of carboxylic acid groups (broad SMARTS) is 1. The van der Waals surface area contributed by atoms with Gasteiger partial charge in [0.2, 0.25) is 5.91 Å². The summed E-state index contributed by atoms with van der Waals surface area (Å²) in [7, 11) is 0. The first-order valence-corrected chi connectivity index (χ1v) is 8.68. The molecule has 1 fully saturated rings. The molecule has 1 atom stereocenters. The number of phenols is 1. The molecule has 1 aromatic rings. The maximum Gasteiger partial charge on any atom is 0.326 e. The summed E-state index contributed by atoms with van der Waals surface area (Å²) in [5.74, 6) is 0.172. The average Bonchev–Trinajstić information content (AvgIpc) is 2.56. The number of hydrogen-bond acceptors (Lipinski definition) is 3. The first-order valence-electron chi connectivity index (χ1n) is 8.68. The summed E-state index contributed by atoms with van der Waals surface area (Å²) in [5, 5.41) is 21.4. The fourth-order valence-electron chi connectivity index (χ4n) is 3.41. The van der Waals surface area contributed by atoms with E-state index in [-0.39, 0.29) is 24.0 Å². The predicted octanol–water partition coefficient (Wildman–Crippen LogP) is 2.97. The highest BCUT2D eigenvalue weighted by Gasteiger charge is 2.30. The van der Waals surface area contributed by atoms with E-state index >= 15 is 0 Å². The molecule has 132 valence electrons. The standard InChI is InChI=1S/C19H27NO4/c1-12(2)14-5-7-15(8-6-14)18(22)20-17(19(23)24)11-13-3-9-16(21)10-4-13/h3-4,9-10,12,14-15,17,21H,5-8,11H2,1-2H3,(H,20,22)(H,23,24)/t14-,15-,17-/m1/s1. The third kappa shape index (κ3) is 4.98. The van der Waals surface area contributed by atoms with Crippen LogP contribution in [-0.4, -0.2) is 28.1 Å². The number of phenolic OH excluding ortho intramolecular Hbond substituents is 1. The van der Waals surface area contributed by atoms with E-state index in [9.17, 15) is 19.8 Å². The van der Waals surface area contributed by atoms with Gasteiger partial charge in [0, 0.05) is 12.3 Å². The first kappa shape index (κ1) is 18.3. The van der Waals surface area contributed by atoms with Crippen molar-refractivity contribution < 1.29 is 19.8 Å². The molecule has 5 nitrogen and oxygen atoms in total. The van der Waals surface area contributed by atoms with E-state index in [0.29, 0.717) is 11.8 Å². The molecule has 1 amide bonds. The van der Waals surface area contributed by atoms with Gasteiger partial charge in [-0.05, 0) is 55.2 Å². The lowest BCUT2D eigenvalue weighted by Crippen LogP contribution is -2.45. The van der Waals surface area contributed by atoms with Crippen molar-refractivity contribution in [3.8, 4) is 5.75 Å². The molecule has 0 spiro atoms. The van der Waals surface area contributed by atoms with E-state index in [4.69, 9.17) is 0 Å². The zero-order valence-electron chi connectivity index (χ0n) is 14.4. The van der Waals surface area contributed by atoms with Crippen LogP contribution in [0.1, 0.15) is 45.1 Å². The van der Waals surface area contributed by atoms with Crippen molar-refractivity contribution in [2.45, 2.75) is 52.0 Å². The summed E-state index contributed by atoms with van der Waals surface area (Å²) in [6, 6.07) is 5.44. The zero-order valence-corrected chi connectivity index (χ0v) is 14.4. The SMILES string of the molecule is CC(C)[C@H]1CC[C@H](C(=O)N[C@H](Cc2ccc(O)cc2)C(=O)O)CC1. The van der Waals surface area contributed by atoms with Crippen LogP contribution in [0, 0.1) is 17.8 Å². The highest BCUT2D eigenvalue weighted by atomic mass is 16.4. The fraction of sp³-hybridized carbons (Fsp3) is 0.579. The van der Waals surface area contributed by atoms with E-state index in [2.05, 4.69) is 19.2 Å². The molecule has 0 saturated heterocycles. The number of hydrogen-bond donors (Lipinski definition) is 3. The van der Waals surface area contributed by atoms with Crippen molar-refractivity contribution in [2.24, 2.45) is 17.8 Å². The Labute approximate surface area is 143 Å². The molecule has 2 rings (SSSR count).